The van der Waals surface area contributed by atoms with Crippen LogP contribution in [0.25, 0.3) is 0 Å². The minimum Gasteiger partial charge on any atom is -0.480 e. The second-order valence-corrected chi connectivity index (χ2v) is 7.62. The van der Waals surface area contributed by atoms with Gasteiger partial charge in [-0.15, -0.1) is 0 Å². The Balaban J connectivity index is 4.59. The van der Waals surface area contributed by atoms with E-state index >= 15 is 0 Å². The number of hydrogen-bond donors (Lipinski definition) is 9. The third-order valence-corrected chi connectivity index (χ3v) is 4.68. The molecule has 15 heteroatoms. The highest BCUT2D eigenvalue weighted by atomic mass is 16.4. The molecule has 0 aromatic carbocycles. The molecule has 15 nitrogen and oxygen atoms in total. The van der Waals surface area contributed by atoms with Crippen LogP contribution >= 0.6 is 0 Å². The molecule has 0 aromatic heterocycles. The van der Waals surface area contributed by atoms with Crippen LogP contribution in [-0.2, 0) is 28.8 Å². The van der Waals surface area contributed by atoms with E-state index in [9.17, 15) is 28.8 Å². The molecule has 200 valence electrons. The summed E-state index contributed by atoms with van der Waals surface area (Å²) >= 11 is 0. The number of hydrogen-bond acceptors (Lipinski definition) is 9. The Morgan fingerprint density at radius 2 is 1.06 bits per heavy atom. The normalized spacial score (nSPS) is 12.1. The van der Waals surface area contributed by atoms with Gasteiger partial charge in [-0.1, -0.05) is 0 Å². The minimum atomic E-state index is -1.20. The third kappa shape index (κ3) is 16.0. The maximum Gasteiger partial charge on any atom is 0.326 e. The molecule has 0 aliphatic rings. The molecule has 0 aromatic rings. The van der Waals surface area contributed by atoms with Crippen LogP contribution in [-0.4, -0.2) is 92.0 Å². The average molecular weight is 503 g/mol. The Labute approximate surface area is 203 Å². The summed E-state index contributed by atoms with van der Waals surface area (Å²) in [5, 5.41) is 20.9. The molecule has 0 aliphatic carbocycles. The summed E-state index contributed by atoms with van der Waals surface area (Å²) < 4.78 is 0. The van der Waals surface area contributed by atoms with E-state index in [1.54, 1.807) is 0 Å². The van der Waals surface area contributed by atoms with Gasteiger partial charge in [0.15, 0.2) is 0 Å². The summed E-state index contributed by atoms with van der Waals surface area (Å²) in [5.74, 6) is -4.36. The topological polar surface area (TPSA) is 261 Å². The van der Waals surface area contributed by atoms with E-state index in [0.717, 1.165) is 0 Å². The van der Waals surface area contributed by atoms with E-state index in [1.165, 1.54) is 0 Å². The number of aliphatic carboxylic acids is 1. The molecule has 0 radical (unpaired) electrons. The predicted molar refractivity (Wildman–Crippen MR) is 125 cm³/mol. The Bertz CT molecular complexity index is 720. The van der Waals surface area contributed by atoms with Crippen LogP contribution in [0.2, 0.25) is 0 Å². The second-order valence-electron chi connectivity index (χ2n) is 7.62. The lowest BCUT2D eigenvalue weighted by Gasteiger charge is -2.18. The number of carbonyl (C=O) groups is 6. The zero-order chi connectivity index (χ0) is 26.6. The van der Waals surface area contributed by atoms with Crippen LogP contribution in [0.3, 0.4) is 0 Å². The zero-order valence-corrected chi connectivity index (χ0v) is 19.8. The summed E-state index contributed by atoms with van der Waals surface area (Å²) in [6.07, 6.45) is 2.75. The maximum atomic E-state index is 12.5. The van der Waals surface area contributed by atoms with Gasteiger partial charge in [0.25, 0.3) is 0 Å². The van der Waals surface area contributed by atoms with Gasteiger partial charge in [0.2, 0.25) is 29.5 Å². The lowest BCUT2D eigenvalue weighted by molar-refractivity contribution is -0.142. The Morgan fingerprint density at radius 3 is 1.54 bits per heavy atom. The van der Waals surface area contributed by atoms with Gasteiger partial charge >= 0.3 is 5.97 Å². The highest BCUT2D eigenvalue weighted by molar-refractivity contribution is 5.93. The summed E-state index contributed by atoms with van der Waals surface area (Å²) in [6.45, 7) is -0.799. The molecule has 5 amide bonds. The molecule has 0 aliphatic heterocycles. The first-order valence-corrected chi connectivity index (χ1v) is 11.4. The van der Waals surface area contributed by atoms with Crippen LogP contribution in [0.15, 0.2) is 0 Å². The third-order valence-electron chi connectivity index (χ3n) is 4.68. The van der Waals surface area contributed by atoms with E-state index in [-0.39, 0.29) is 25.9 Å². The zero-order valence-electron chi connectivity index (χ0n) is 19.8. The lowest BCUT2D eigenvalue weighted by Crippen LogP contribution is -2.52. The van der Waals surface area contributed by atoms with Crippen molar-refractivity contribution in [1.29, 1.82) is 0 Å². The first-order valence-electron chi connectivity index (χ1n) is 11.4. The van der Waals surface area contributed by atoms with Crippen LogP contribution in [0, 0.1) is 0 Å². The molecular weight excluding hydrogens is 464 g/mol. The molecule has 0 saturated carbocycles. The number of carboxylic acids is 1. The van der Waals surface area contributed by atoms with Gasteiger partial charge in [-0.05, 0) is 51.6 Å². The maximum absolute atomic E-state index is 12.5. The molecule has 0 unspecified atom stereocenters. The minimum absolute atomic E-state index is 0.204. The first kappa shape index (κ1) is 31.7. The highest BCUT2D eigenvalue weighted by Gasteiger charge is 2.22. The van der Waals surface area contributed by atoms with Crippen LogP contribution < -0.4 is 43.8 Å². The monoisotopic (exact) mass is 502 g/mol. The van der Waals surface area contributed by atoms with Crippen molar-refractivity contribution in [2.45, 2.75) is 50.6 Å². The standard InChI is InChI=1S/C20H38N8O7/c21-7-3-1-5-13(27-17(31)11-24-15(29)9-23)19(33)26-10-16(30)25-12-18(32)28-14(20(34)35)6-2-4-8-22/h13-14H,1-12,21-23H2,(H,24,29)(H,25,30)(H,26,33)(H,27,31)(H,28,32)(H,34,35)/t13-,14-/m0/s1. The van der Waals surface area contributed by atoms with Gasteiger partial charge in [0.1, 0.15) is 12.1 Å². The summed E-state index contributed by atoms with van der Waals surface area (Å²) in [6, 6.07) is -2.07. The lowest BCUT2D eigenvalue weighted by atomic mass is 10.1. The van der Waals surface area contributed by atoms with Crippen molar-refractivity contribution in [3.05, 3.63) is 0 Å². The van der Waals surface area contributed by atoms with E-state index in [1.807, 2.05) is 0 Å². The number of nitrogens with one attached hydrogen (secondary N) is 5. The molecule has 0 bridgehead atoms. The summed E-state index contributed by atoms with van der Waals surface area (Å²) in [7, 11) is 0. The SMILES string of the molecule is NCCCC[C@H](NC(=O)CNC(=O)CNC(=O)[C@H](CCCCN)NC(=O)CNC(=O)CN)C(=O)O. The summed E-state index contributed by atoms with van der Waals surface area (Å²) in [5.41, 5.74) is 16.0. The van der Waals surface area contributed by atoms with Crippen molar-refractivity contribution >= 4 is 35.5 Å². The van der Waals surface area contributed by atoms with Gasteiger partial charge in [-0.25, -0.2) is 4.79 Å². The fourth-order valence-corrected chi connectivity index (χ4v) is 2.79. The number of carbonyl (C=O) groups excluding carboxylic acids is 5. The molecule has 0 heterocycles. The van der Waals surface area contributed by atoms with Crippen molar-refractivity contribution in [2.24, 2.45) is 17.2 Å². The number of amides is 5. The van der Waals surface area contributed by atoms with Crippen molar-refractivity contribution in [1.82, 2.24) is 26.6 Å². The summed E-state index contributed by atoms with van der Waals surface area (Å²) in [4.78, 5) is 70.8. The number of unbranched alkanes of at least 4 members (excludes halogenated alkanes) is 2. The molecule has 0 saturated heterocycles. The quantitative estimate of drug-likeness (QED) is 0.0765. The Morgan fingerprint density at radius 1 is 0.600 bits per heavy atom. The van der Waals surface area contributed by atoms with Gasteiger partial charge < -0.3 is 48.9 Å². The Hall–Kier alpha value is -3.30. The van der Waals surface area contributed by atoms with E-state index < -0.39 is 60.7 Å². The highest BCUT2D eigenvalue weighted by Crippen LogP contribution is 2.02. The molecule has 12 N–H and O–H groups in total. The van der Waals surface area contributed by atoms with Gasteiger partial charge in [0, 0.05) is 0 Å². The molecular formula is C20H38N8O7. The fraction of sp³-hybridized carbons (Fsp3) is 0.700. The fourth-order valence-electron chi connectivity index (χ4n) is 2.79. The molecule has 0 rings (SSSR count). The predicted octanol–water partition coefficient (Wildman–Crippen LogP) is -4.39. The number of rotatable bonds is 19. The van der Waals surface area contributed by atoms with Crippen molar-refractivity contribution < 1.29 is 33.9 Å². The van der Waals surface area contributed by atoms with Crippen LogP contribution in [0.5, 0.6) is 0 Å². The second kappa shape index (κ2) is 19.1. The number of carboxylic acid groups (broad SMARTS) is 1. The average Bonchev–Trinajstić information content (AvgIpc) is 2.83. The van der Waals surface area contributed by atoms with E-state index in [2.05, 4.69) is 26.6 Å². The van der Waals surface area contributed by atoms with Crippen LogP contribution in [0.4, 0.5) is 0 Å². The molecule has 2 atom stereocenters. The van der Waals surface area contributed by atoms with Gasteiger partial charge in [-0.3, -0.25) is 24.0 Å². The van der Waals surface area contributed by atoms with Crippen LogP contribution in [0.1, 0.15) is 38.5 Å². The van der Waals surface area contributed by atoms with Crippen molar-refractivity contribution in [3.63, 3.8) is 0 Å². The molecule has 0 spiro atoms. The van der Waals surface area contributed by atoms with E-state index in [0.29, 0.717) is 38.8 Å². The number of nitrogens with two attached hydrogens (primary N) is 3. The van der Waals surface area contributed by atoms with Crippen molar-refractivity contribution in [2.75, 3.05) is 39.3 Å². The van der Waals surface area contributed by atoms with E-state index in [4.69, 9.17) is 22.3 Å². The Kier molecular flexibility index (Phi) is 17.3. The molecule has 0 fully saturated rings. The van der Waals surface area contributed by atoms with Crippen molar-refractivity contribution in [3.8, 4) is 0 Å². The van der Waals surface area contributed by atoms with Gasteiger partial charge in [-0.2, -0.15) is 0 Å². The molecule has 35 heavy (non-hydrogen) atoms. The first-order chi connectivity index (χ1) is 16.6. The largest absolute Gasteiger partial charge is 0.480 e. The smallest absolute Gasteiger partial charge is 0.326 e. The van der Waals surface area contributed by atoms with Gasteiger partial charge in [0.05, 0.1) is 26.2 Å².